The first-order valence-corrected chi connectivity index (χ1v) is 12.3. The minimum Gasteiger partial charge on any atom is -0.369 e. The van der Waals surface area contributed by atoms with Gasteiger partial charge in [-0.25, -0.2) is 0 Å². The Balaban J connectivity index is 1.09. The van der Waals surface area contributed by atoms with Gasteiger partial charge >= 0.3 is 0 Å². The normalized spacial score (nSPS) is 14.4. The summed E-state index contributed by atoms with van der Waals surface area (Å²) in [5.41, 5.74) is 5.79. The number of aromatic nitrogens is 3. The van der Waals surface area contributed by atoms with Crippen LogP contribution < -0.4 is 10.2 Å². The number of anilines is 1. The maximum Gasteiger partial charge on any atom is 0.253 e. The molecule has 0 unspecified atom stereocenters. The Morgan fingerprint density at radius 1 is 0.971 bits per heavy atom. The highest BCUT2D eigenvalue weighted by atomic mass is 16.1. The van der Waals surface area contributed by atoms with E-state index in [0.29, 0.717) is 12.1 Å². The molecule has 1 fully saturated rings. The zero-order valence-electron chi connectivity index (χ0n) is 20.4. The second-order valence-corrected chi connectivity index (χ2v) is 9.12. The third-order valence-electron chi connectivity index (χ3n) is 6.97. The molecular formula is C28H32N6O. The molecule has 1 aliphatic heterocycles. The number of nitrogens with zero attached hydrogens (tertiary/aromatic N) is 5. The van der Waals surface area contributed by atoms with Gasteiger partial charge in [-0.2, -0.15) is 0 Å². The Kier molecular flexibility index (Phi) is 6.77. The summed E-state index contributed by atoms with van der Waals surface area (Å²) in [6, 6.07) is 18.4. The van der Waals surface area contributed by atoms with Crippen LogP contribution in [0.25, 0.3) is 22.3 Å². The molecule has 0 spiro atoms. The Labute approximate surface area is 206 Å². The van der Waals surface area contributed by atoms with Crippen LogP contribution in [0.3, 0.4) is 0 Å². The van der Waals surface area contributed by atoms with E-state index in [2.05, 4.69) is 49.4 Å². The first-order chi connectivity index (χ1) is 17.1. The molecule has 1 saturated heterocycles. The molecule has 0 saturated carbocycles. The summed E-state index contributed by atoms with van der Waals surface area (Å²) in [5.74, 6) is -0.0177. The minimum atomic E-state index is -0.0177. The van der Waals surface area contributed by atoms with Crippen molar-refractivity contribution in [3.8, 4) is 11.4 Å². The van der Waals surface area contributed by atoms with Crippen molar-refractivity contribution in [1.29, 1.82) is 0 Å². The molecule has 1 amide bonds. The second-order valence-electron chi connectivity index (χ2n) is 9.12. The van der Waals surface area contributed by atoms with E-state index in [1.807, 2.05) is 55.1 Å². The lowest BCUT2D eigenvalue weighted by atomic mass is 10.1. The SMILES string of the molecule is Cc1c(C(=O)NCCCN2CCN(c3ccc4ncccc4c3)CC2)cc(-c2ccccn2)n1C. The van der Waals surface area contributed by atoms with Crippen LogP contribution in [0.5, 0.6) is 0 Å². The average molecular weight is 469 g/mol. The van der Waals surface area contributed by atoms with Gasteiger partial charge in [-0.05, 0) is 62.4 Å². The molecular weight excluding hydrogens is 436 g/mol. The zero-order valence-corrected chi connectivity index (χ0v) is 20.4. The Morgan fingerprint density at radius 2 is 1.80 bits per heavy atom. The number of hydrogen-bond acceptors (Lipinski definition) is 5. The summed E-state index contributed by atoms with van der Waals surface area (Å²) in [7, 11) is 1.98. The highest BCUT2D eigenvalue weighted by Gasteiger charge is 2.19. The van der Waals surface area contributed by atoms with E-state index in [1.54, 1.807) is 6.20 Å². The largest absolute Gasteiger partial charge is 0.369 e. The number of amides is 1. The summed E-state index contributed by atoms with van der Waals surface area (Å²) in [6.45, 7) is 7.73. The van der Waals surface area contributed by atoms with Crippen molar-refractivity contribution < 1.29 is 4.79 Å². The van der Waals surface area contributed by atoms with Crippen molar-refractivity contribution in [2.75, 3.05) is 44.2 Å². The van der Waals surface area contributed by atoms with Crippen molar-refractivity contribution in [2.45, 2.75) is 13.3 Å². The van der Waals surface area contributed by atoms with Crippen LogP contribution >= 0.6 is 0 Å². The van der Waals surface area contributed by atoms with E-state index >= 15 is 0 Å². The molecule has 1 aromatic carbocycles. The van der Waals surface area contributed by atoms with Gasteiger partial charge in [0.2, 0.25) is 0 Å². The molecule has 0 radical (unpaired) electrons. The molecule has 4 heterocycles. The number of benzene rings is 1. The Bertz CT molecular complexity index is 1310. The number of pyridine rings is 2. The maximum atomic E-state index is 12.8. The van der Waals surface area contributed by atoms with Gasteiger partial charge in [-0.1, -0.05) is 12.1 Å². The molecule has 0 bridgehead atoms. The maximum absolute atomic E-state index is 12.8. The number of rotatable bonds is 7. The van der Waals surface area contributed by atoms with E-state index in [0.717, 1.165) is 61.7 Å². The lowest BCUT2D eigenvalue weighted by molar-refractivity contribution is 0.0950. The smallest absolute Gasteiger partial charge is 0.253 e. The fourth-order valence-electron chi connectivity index (χ4n) is 4.78. The molecule has 0 atom stereocenters. The highest BCUT2D eigenvalue weighted by molar-refractivity contribution is 5.96. The number of fused-ring (bicyclic) bond motifs is 1. The van der Waals surface area contributed by atoms with Crippen LogP contribution in [0.2, 0.25) is 0 Å². The number of carbonyl (C=O) groups is 1. The topological polar surface area (TPSA) is 66.3 Å². The third-order valence-corrected chi connectivity index (χ3v) is 6.97. The summed E-state index contributed by atoms with van der Waals surface area (Å²) in [4.78, 5) is 26.6. The van der Waals surface area contributed by atoms with E-state index in [1.165, 1.54) is 11.1 Å². The van der Waals surface area contributed by atoms with Gasteiger partial charge in [0.05, 0.1) is 22.5 Å². The van der Waals surface area contributed by atoms with Crippen molar-refractivity contribution in [3.63, 3.8) is 0 Å². The van der Waals surface area contributed by atoms with Crippen LogP contribution in [0.1, 0.15) is 22.5 Å². The average Bonchev–Trinajstić information content (AvgIpc) is 3.21. The summed E-state index contributed by atoms with van der Waals surface area (Å²) < 4.78 is 2.03. The molecule has 180 valence electrons. The molecule has 1 aliphatic rings. The van der Waals surface area contributed by atoms with Crippen molar-refractivity contribution in [3.05, 3.63) is 78.2 Å². The highest BCUT2D eigenvalue weighted by Crippen LogP contribution is 2.24. The van der Waals surface area contributed by atoms with Crippen molar-refractivity contribution in [1.82, 2.24) is 24.8 Å². The minimum absolute atomic E-state index is 0.0177. The molecule has 1 N–H and O–H groups in total. The molecule has 7 heteroatoms. The van der Waals surface area contributed by atoms with Gasteiger partial charge in [0.15, 0.2) is 0 Å². The number of carbonyl (C=O) groups excluding carboxylic acids is 1. The van der Waals surface area contributed by atoms with Gasteiger partial charge in [-0.3, -0.25) is 19.7 Å². The van der Waals surface area contributed by atoms with Gasteiger partial charge in [0, 0.05) is 68.9 Å². The Hall–Kier alpha value is -3.71. The van der Waals surface area contributed by atoms with Crippen LogP contribution in [0, 0.1) is 6.92 Å². The van der Waals surface area contributed by atoms with E-state index in [-0.39, 0.29) is 5.91 Å². The van der Waals surface area contributed by atoms with Gasteiger partial charge in [0.25, 0.3) is 5.91 Å². The van der Waals surface area contributed by atoms with Crippen LogP contribution in [-0.4, -0.2) is 64.6 Å². The van der Waals surface area contributed by atoms with Gasteiger partial charge < -0.3 is 14.8 Å². The fourth-order valence-corrected chi connectivity index (χ4v) is 4.78. The van der Waals surface area contributed by atoms with Crippen LogP contribution in [0.4, 0.5) is 5.69 Å². The monoisotopic (exact) mass is 468 g/mol. The summed E-state index contributed by atoms with van der Waals surface area (Å²) >= 11 is 0. The molecule has 35 heavy (non-hydrogen) atoms. The van der Waals surface area contributed by atoms with Crippen LogP contribution in [0.15, 0.2) is 67.0 Å². The first kappa shape index (κ1) is 23.1. The van der Waals surface area contributed by atoms with Crippen molar-refractivity contribution in [2.24, 2.45) is 7.05 Å². The first-order valence-electron chi connectivity index (χ1n) is 12.3. The fraction of sp³-hybridized carbons (Fsp3) is 0.321. The van der Waals surface area contributed by atoms with Gasteiger partial charge in [0.1, 0.15) is 0 Å². The van der Waals surface area contributed by atoms with E-state index in [9.17, 15) is 4.79 Å². The zero-order chi connectivity index (χ0) is 24.2. The summed E-state index contributed by atoms with van der Waals surface area (Å²) in [6.07, 6.45) is 4.55. The van der Waals surface area contributed by atoms with Crippen LogP contribution in [-0.2, 0) is 7.05 Å². The number of piperazine rings is 1. The summed E-state index contributed by atoms with van der Waals surface area (Å²) in [5, 5.41) is 4.29. The molecule has 7 nitrogen and oxygen atoms in total. The predicted octanol–water partition coefficient (Wildman–Crippen LogP) is 3.89. The van der Waals surface area contributed by atoms with E-state index in [4.69, 9.17) is 0 Å². The quantitative estimate of drug-likeness (QED) is 0.417. The Morgan fingerprint density at radius 3 is 2.60 bits per heavy atom. The molecule has 5 rings (SSSR count). The molecule has 4 aromatic rings. The lowest BCUT2D eigenvalue weighted by Crippen LogP contribution is -2.47. The van der Waals surface area contributed by atoms with E-state index < -0.39 is 0 Å². The number of nitrogens with one attached hydrogen (secondary N) is 1. The molecule has 0 aliphatic carbocycles. The third kappa shape index (κ3) is 5.05. The molecule has 3 aromatic heterocycles. The standard InChI is InChI=1S/C28H32N6O/c1-21-24(20-27(32(21)2)26-8-3-4-11-30-26)28(35)31-13-6-14-33-15-17-34(18-16-33)23-9-10-25-22(19-23)7-5-12-29-25/h3-5,7-12,19-20H,6,13-18H2,1-2H3,(H,31,35). The lowest BCUT2D eigenvalue weighted by Gasteiger charge is -2.36. The van der Waals surface area contributed by atoms with Crippen molar-refractivity contribution >= 4 is 22.5 Å². The second kappa shape index (κ2) is 10.3. The number of hydrogen-bond donors (Lipinski definition) is 1. The van der Waals surface area contributed by atoms with Gasteiger partial charge in [-0.15, -0.1) is 0 Å². The predicted molar refractivity (Wildman–Crippen MR) is 141 cm³/mol.